The van der Waals surface area contributed by atoms with Gasteiger partial charge in [0.1, 0.15) is 0 Å². The lowest BCUT2D eigenvalue weighted by atomic mass is 9.98. The molecule has 2 fully saturated rings. The molecule has 2 amide bonds. The molecule has 0 radical (unpaired) electrons. The number of nitrogens with one attached hydrogen (secondary N) is 4. The summed E-state index contributed by atoms with van der Waals surface area (Å²) < 4.78 is 11.2. The molecule has 2 atom stereocenters. The van der Waals surface area contributed by atoms with Crippen molar-refractivity contribution in [3.05, 3.63) is 81.8 Å². The Morgan fingerprint density at radius 1 is 0.674 bits per heavy atom. The molecule has 0 saturated carbocycles. The minimum atomic E-state index is 0.0490. The number of methoxy groups -OCH3 is 2. The highest BCUT2D eigenvalue weighted by atomic mass is 35.5. The summed E-state index contributed by atoms with van der Waals surface area (Å²) >= 11 is 14.1. The molecule has 4 aromatic rings. The Balaban J connectivity index is 1.25. The molecule has 2 aliphatic heterocycles. The molecule has 46 heavy (non-hydrogen) atoms. The van der Waals surface area contributed by atoms with Crippen molar-refractivity contribution in [1.82, 2.24) is 31.2 Å². The molecule has 0 aliphatic carbocycles. The highest BCUT2D eigenvalue weighted by Crippen LogP contribution is 2.42. The molecule has 0 bridgehead atoms. The largest absolute Gasteiger partial charge is 0.481 e. The van der Waals surface area contributed by atoms with Crippen LogP contribution < -0.4 is 30.7 Å². The van der Waals surface area contributed by atoms with Gasteiger partial charge in [-0.1, -0.05) is 71.7 Å². The van der Waals surface area contributed by atoms with Crippen LogP contribution in [0.5, 0.6) is 11.8 Å². The number of hydrogen-bond acceptors (Lipinski definition) is 8. The van der Waals surface area contributed by atoms with E-state index in [1.165, 1.54) is 0 Å². The van der Waals surface area contributed by atoms with E-state index in [1.54, 1.807) is 14.2 Å². The van der Waals surface area contributed by atoms with Crippen LogP contribution in [0.1, 0.15) is 24.0 Å². The summed E-state index contributed by atoms with van der Waals surface area (Å²) in [7, 11) is 3.17. The first-order valence-corrected chi connectivity index (χ1v) is 15.8. The van der Waals surface area contributed by atoms with Gasteiger partial charge in [-0.15, -0.1) is 0 Å². The molecule has 4 heterocycles. The van der Waals surface area contributed by atoms with Crippen molar-refractivity contribution in [3.8, 4) is 45.4 Å². The van der Waals surface area contributed by atoms with E-state index < -0.39 is 0 Å². The number of nitrogens with zero attached hydrogens (tertiary/aromatic N) is 2. The van der Waals surface area contributed by atoms with E-state index in [-0.39, 0.29) is 23.9 Å². The monoisotopic (exact) mass is 660 g/mol. The third-order valence-corrected chi connectivity index (χ3v) is 9.04. The van der Waals surface area contributed by atoms with Crippen LogP contribution in [0, 0.1) is 0 Å². The van der Waals surface area contributed by atoms with Gasteiger partial charge >= 0.3 is 0 Å². The highest BCUT2D eigenvalue weighted by molar-refractivity contribution is 6.39. The van der Waals surface area contributed by atoms with Crippen LogP contribution in [0.25, 0.3) is 33.6 Å². The zero-order chi connectivity index (χ0) is 32.2. The van der Waals surface area contributed by atoms with Crippen molar-refractivity contribution in [1.29, 1.82) is 0 Å². The Hall–Kier alpha value is -4.22. The van der Waals surface area contributed by atoms with E-state index in [2.05, 4.69) is 21.3 Å². The van der Waals surface area contributed by atoms with Crippen molar-refractivity contribution in [2.45, 2.75) is 38.0 Å². The average Bonchev–Trinajstić information content (AvgIpc) is 3.70. The van der Waals surface area contributed by atoms with E-state index in [0.717, 1.165) is 33.4 Å². The fourth-order valence-electron chi connectivity index (χ4n) is 5.74. The summed E-state index contributed by atoms with van der Waals surface area (Å²) in [6.45, 7) is 2.24. The lowest BCUT2D eigenvalue weighted by Crippen LogP contribution is -2.30. The normalized spacial score (nSPS) is 17.6. The fourth-order valence-corrected chi connectivity index (χ4v) is 6.39. The molecule has 2 aliphatic rings. The van der Waals surface area contributed by atoms with Crippen molar-refractivity contribution in [2.75, 3.05) is 27.3 Å². The smallest absolute Gasteiger partial charge is 0.221 e. The van der Waals surface area contributed by atoms with E-state index in [9.17, 15) is 9.59 Å². The van der Waals surface area contributed by atoms with Crippen molar-refractivity contribution in [3.63, 3.8) is 0 Å². The predicted octanol–water partition coefficient (Wildman–Crippen LogP) is 4.76. The van der Waals surface area contributed by atoms with Crippen LogP contribution in [0.4, 0.5) is 0 Å². The van der Waals surface area contributed by atoms with Crippen LogP contribution in [-0.4, -0.2) is 61.2 Å². The summed E-state index contributed by atoms with van der Waals surface area (Å²) in [6.07, 6.45) is 0.907. The van der Waals surface area contributed by atoms with E-state index in [1.807, 2.05) is 60.7 Å². The second kappa shape index (κ2) is 14.0. The van der Waals surface area contributed by atoms with Crippen molar-refractivity contribution < 1.29 is 19.1 Å². The number of carbonyl (C=O) groups excluding carboxylic acids is 2. The predicted molar refractivity (Wildman–Crippen MR) is 178 cm³/mol. The maximum Gasteiger partial charge on any atom is 0.221 e. The molecule has 6 rings (SSSR count). The van der Waals surface area contributed by atoms with Crippen LogP contribution in [-0.2, 0) is 22.7 Å². The second-order valence-electron chi connectivity index (χ2n) is 11.2. The third-order valence-electron chi connectivity index (χ3n) is 8.22. The average molecular weight is 662 g/mol. The van der Waals surface area contributed by atoms with Gasteiger partial charge in [-0.3, -0.25) is 9.59 Å². The number of hydrogen-bond donors (Lipinski definition) is 4. The van der Waals surface area contributed by atoms with E-state index in [0.29, 0.717) is 72.2 Å². The number of amides is 2. The zero-order valence-corrected chi connectivity index (χ0v) is 27.0. The lowest BCUT2D eigenvalue weighted by molar-refractivity contribution is -0.120. The summed E-state index contributed by atoms with van der Waals surface area (Å²) in [5.74, 6) is 1.06. The van der Waals surface area contributed by atoms with E-state index in [4.69, 9.17) is 42.6 Å². The first-order chi connectivity index (χ1) is 22.3. The van der Waals surface area contributed by atoms with Crippen molar-refractivity contribution in [2.24, 2.45) is 0 Å². The summed E-state index contributed by atoms with van der Waals surface area (Å²) in [4.78, 5) is 32.6. The van der Waals surface area contributed by atoms with Gasteiger partial charge < -0.3 is 30.7 Å². The Labute approximate surface area is 277 Å². The fraction of sp³-hybridized carbons (Fsp3) is 0.294. The molecule has 2 unspecified atom stereocenters. The molecular weight excluding hydrogens is 627 g/mol. The van der Waals surface area contributed by atoms with Gasteiger partial charge in [0.15, 0.2) is 0 Å². The molecular formula is C34H34Cl2N6O4. The quantitative estimate of drug-likeness (QED) is 0.181. The number of benzene rings is 2. The summed E-state index contributed by atoms with van der Waals surface area (Å²) in [6, 6.07) is 19.4. The Morgan fingerprint density at radius 3 is 1.46 bits per heavy atom. The number of ether oxygens (including phenoxy) is 2. The standard InChI is InChI=1S/C34H34Cl2N6O4/c1-45-33-19(15-37-21-13-29(43)39-17-21)9-11-27(41-33)25-7-3-5-23(31(25)35)24-6-4-8-26(32(24)36)28-12-10-20(34(42-28)46-2)16-38-22-14-30(44)40-18-22/h3-12,21-22,37-38H,13-18H2,1-2H3,(H,39,43)(H,40,44). The third kappa shape index (κ3) is 6.80. The molecule has 0 spiro atoms. The Morgan fingerprint density at radius 2 is 1.09 bits per heavy atom. The lowest BCUT2D eigenvalue weighted by Gasteiger charge is -2.16. The van der Waals surface area contributed by atoms with Crippen LogP contribution >= 0.6 is 23.2 Å². The summed E-state index contributed by atoms with van der Waals surface area (Å²) in [5, 5.41) is 13.4. The second-order valence-corrected chi connectivity index (χ2v) is 12.0. The number of aromatic nitrogens is 2. The number of carbonyl (C=O) groups is 2. The van der Waals surface area contributed by atoms with Gasteiger partial charge in [-0.05, 0) is 12.1 Å². The molecule has 12 heteroatoms. The van der Waals surface area contributed by atoms with Gasteiger partial charge in [0.05, 0.1) is 35.7 Å². The van der Waals surface area contributed by atoms with E-state index >= 15 is 0 Å². The van der Waals surface area contributed by atoms with Gasteiger partial charge in [0, 0.05) is 84.5 Å². The number of rotatable bonds is 11. The molecule has 10 nitrogen and oxygen atoms in total. The van der Waals surface area contributed by atoms with Crippen LogP contribution in [0.15, 0.2) is 60.7 Å². The van der Waals surface area contributed by atoms with Gasteiger partial charge in [0.2, 0.25) is 23.6 Å². The Kier molecular flexibility index (Phi) is 9.70. The van der Waals surface area contributed by atoms with Gasteiger partial charge in [-0.25, -0.2) is 9.97 Å². The number of pyridine rings is 2. The maximum atomic E-state index is 11.5. The highest BCUT2D eigenvalue weighted by Gasteiger charge is 2.23. The zero-order valence-electron chi connectivity index (χ0n) is 25.5. The minimum absolute atomic E-state index is 0.0490. The van der Waals surface area contributed by atoms with Crippen molar-refractivity contribution >= 4 is 35.0 Å². The van der Waals surface area contributed by atoms with Crippen LogP contribution in [0.3, 0.4) is 0 Å². The Bertz CT molecular complexity index is 1660. The first kappa shape index (κ1) is 31.7. The molecule has 2 aromatic heterocycles. The topological polar surface area (TPSA) is 126 Å². The molecule has 2 aromatic carbocycles. The SMILES string of the molecule is COc1nc(-c2cccc(-c3cccc(-c4ccc(CNC5CNC(=O)C5)c(OC)n4)c3Cl)c2Cl)ccc1CNC1CNC(=O)C1. The number of halogens is 2. The van der Waals surface area contributed by atoms with Crippen LogP contribution in [0.2, 0.25) is 10.0 Å². The van der Waals surface area contributed by atoms with Gasteiger partial charge in [-0.2, -0.15) is 0 Å². The van der Waals surface area contributed by atoms with Gasteiger partial charge in [0.25, 0.3) is 0 Å². The maximum absolute atomic E-state index is 11.5. The molecule has 2 saturated heterocycles. The molecule has 4 N–H and O–H groups in total. The minimum Gasteiger partial charge on any atom is -0.481 e. The first-order valence-electron chi connectivity index (χ1n) is 15.0. The molecule has 238 valence electrons. The summed E-state index contributed by atoms with van der Waals surface area (Å²) in [5.41, 5.74) is 6.05.